The molecule has 1 heterocycles. The molecule has 4 N–H and O–H groups in total. The van der Waals surface area contributed by atoms with E-state index in [1.165, 1.54) is 4.90 Å². The van der Waals surface area contributed by atoms with Crippen molar-refractivity contribution in [3.8, 4) is 0 Å². The Morgan fingerprint density at radius 3 is 2.38 bits per heavy atom. The summed E-state index contributed by atoms with van der Waals surface area (Å²) in [7, 11) is -3.32. The van der Waals surface area contributed by atoms with E-state index in [4.69, 9.17) is 16.2 Å². The van der Waals surface area contributed by atoms with Gasteiger partial charge in [-0.1, -0.05) is 0 Å². The van der Waals surface area contributed by atoms with Gasteiger partial charge in [-0.3, -0.25) is 10.2 Å². The Bertz CT molecular complexity index is 775. The molecular formula is C15H21N3O5S. The molecule has 2 fully saturated rings. The molecule has 3 rings (SSSR count). The zero-order valence-electron chi connectivity index (χ0n) is 13.5. The fourth-order valence-electron chi connectivity index (χ4n) is 3.29. The highest BCUT2D eigenvalue weighted by molar-refractivity contribution is 7.94. The van der Waals surface area contributed by atoms with Crippen LogP contribution >= 0.6 is 0 Å². The molecule has 0 aromatic heterocycles. The van der Waals surface area contributed by atoms with E-state index in [1.54, 1.807) is 6.92 Å². The molecule has 8 nitrogen and oxygen atoms in total. The summed E-state index contributed by atoms with van der Waals surface area (Å²) in [6.07, 6.45) is 2.54. The average Bonchev–Trinajstić information content (AvgIpc) is 3.41. The Hall–Kier alpha value is -1.90. The minimum absolute atomic E-state index is 0.0191. The van der Waals surface area contributed by atoms with Crippen molar-refractivity contribution in [3.05, 3.63) is 11.3 Å². The zero-order chi connectivity index (χ0) is 17.9. The fraction of sp³-hybridized carbons (Fsp3) is 0.667. The third-order valence-electron chi connectivity index (χ3n) is 5.45. The molecule has 0 saturated heterocycles. The highest BCUT2D eigenvalue weighted by atomic mass is 32.2. The average molecular weight is 355 g/mol. The fourth-order valence-corrected chi connectivity index (χ4v) is 5.94. The minimum atomic E-state index is -3.32. The Morgan fingerprint density at radius 2 is 1.92 bits per heavy atom. The number of nitrogens with one attached hydrogen (secondary N) is 1. The lowest BCUT2D eigenvalue weighted by Gasteiger charge is -2.32. The summed E-state index contributed by atoms with van der Waals surface area (Å²) in [6.45, 7) is 2.03. The number of aliphatic carboxylic acids is 1. The quantitative estimate of drug-likeness (QED) is 0.574. The van der Waals surface area contributed by atoms with E-state index in [1.807, 2.05) is 0 Å². The van der Waals surface area contributed by atoms with E-state index in [2.05, 4.69) is 0 Å². The van der Waals surface area contributed by atoms with Crippen LogP contribution < -0.4 is 5.73 Å². The summed E-state index contributed by atoms with van der Waals surface area (Å²) in [6, 6.07) is 0. The van der Waals surface area contributed by atoms with Gasteiger partial charge in [0, 0.05) is 18.7 Å². The third-order valence-corrected chi connectivity index (χ3v) is 8.83. The summed E-state index contributed by atoms with van der Waals surface area (Å²) in [4.78, 5) is 24.7. The van der Waals surface area contributed by atoms with E-state index >= 15 is 0 Å². The minimum Gasteiger partial charge on any atom is -0.477 e. The van der Waals surface area contributed by atoms with Crippen molar-refractivity contribution in [2.75, 3.05) is 13.1 Å². The van der Waals surface area contributed by atoms with Gasteiger partial charge < -0.3 is 15.7 Å². The zero-order valence-corrected chi connectivity index (χ0v) is 14.3. The Labute approximate surface area is 140 Å². The molecule has 0 spiro atoms. The van der Waals surface area contributed by atoms with Gasteiger partial charge in [0.1, 0.15) is 11.4 Å². The molecule has 9 heteroatoms. The Kier molecular flexibility index (Phi) is 3.56. The first-order chi connectivity index (χ1) is 11.0. The van der Waals surface area contributed by atoms with Gasteiger partial charge in [0.2, 0.25) is 0 Å². The van der Waals surface area contributed by atoms with Gasteiger partial charge >= 0.3 is 5.97 Å². The van der Waals surface area contributed by atoms with Crippen molar-refractivity contribution >= 4 is 27.4 Å². The Balaban J connectivity index is 1.80. The lowest BCUT2D eigenvalue weighted by molar-refractivity contribution is -0.129. The second kappa shape index (κ2) is 5.05. The van der Waals surface area contributed by atoms with E-state index in [0.29, 0.717) is 25.7 Å². The summed E-state index contributed by atoms with van der Waals surface area (Å²) in [5.74, 6) is -2.01. The molecule has 132 valence electrons. The largest absolute Gasteiger partial charge is 0.477 e. The summed E-state index contributed by atoms with van der Waals surface area (Å²) in [5, 5.41) is 16.4. The maximum absolute atomic E-state index is 12.8. The monoisotopic (exact) mass is 355 g/mol. The molecule has 1 amide bonds. The SMILES string of the molecule is CC1(S(=O)(=O)C2(CN3CCC(C(=N)C(=O)O)=C(N)C3=O)CC2)CC1. The first kappa shape index (κ1) is 16.9. The van der Waals surface area contributed by atoms with Gasteiger partial charge in [-0.05, 0) is 39.0 Å². The van der Waals surface area contributed by atoms with Crippen LogP contribution in [-0.4, -0.2) is 58.6 Å². The van der Waals surface area contributed by atoms with Crippen molar-refractivity contribution in [3.63, 3.8) is 0 Å². The van der Waals surface area contributed by atoms with Crippen molar-refractivity contribution in [1.29, 1.82) is 5.41 Å². The second-order valence-electron chi connectivity index (χ2n) is 7.19. The number of carbonyl (C=O) groups is 2. The van der Waals surface area contributed by atoms with Crippen molar-refractivity contribution in [2.24, 2.45) is 5.73 Å². The van der Waals surface area contributed by atoms with E-state index in [-0.39, 0.29) is 30.8 Å². The molecule has 2 aliphatic carbocycles. The topological polar surface area (TPSA) is 142 Å². The van der Waals surface area contributed by atoms with Crippen LogP contribution in [0.25, 0.3) is 0 Å². The van der Waals surface area contributed by atoms with Crippen LogP contribution in [0.2, 0.25) is 0 Å². The normalized spacial score (nSPS) is 24.7. The van der Waals surface area contributed by atoms with Crippen LogP contribution in [0.5, 0.6) is 0 Å². The van der Waals surface area contributed by atoms with Crippen LogP contribution in [0.15, 0.2) is 11.3 Å². The number of nitrogens with zero attached hydrogens (tertiary/aromatic N) is 1. The van der Waals surface area contributed by atoms with Crippen LogP contribution in [0.4, 0.5) is 0 Å². The molecule has 0 radical (unpaired) electrons. The number of nitrogens with two attached hydrogens (primary N) is 1. The second-order valence-corrected chi connectivity index (χ2v) is 10.0. The van der Waals surface area contributed by atoms with Crippen molar-refractivity contribution < 1.29 is 23.1 Å². The van der Waals surface area contributed by atoms with Crippen LogP contribution in [0.3, 0.4) is 0 Å². The molecule has 0 bridgehead atoms. The lowest BCUT2D eigenvalue weighted by Crippen LogP contribution is -2.49. The van der Waals surface area contributed by atoms with Crippen LogP contribution in [0.1, 0.15) is 39.0 Å². The van der Waals surface area contributed by atoms with Crippen molar-refractivity contribution in [1.82, 2.24) is 4.90 Å². The first-order valence-corrected chi connectivity index (χ1v) is 9.37. The maximum atomic E-state index is 12.8. The number of hydrogen-bond acceptors (Lipinski definition) is 6. The Morgan fingerprint density at radius 1 is 1.33 bits per heavy atom. The molecular weight excluding hydrogens is 334 g/mol. The molecule has 0 atom stereocenters. The van der Waals surface area contributed by atoms with E-state index in [9.17, 15) is 18.0 Å². The molecule has 1 aliphatic heterocycles. The number of amides is 1. The summed E-state index contributed by atoms with van der Waals surface area (Å²) < 4.78 is 24.1. The number of carboxylic acid groups (broad SMARTS) is 1. The number of rotatable bonds is 6. The number of carboxylic acids is 1. The highest BCUT2D eigenvalue weighted by Crippen LogP contribution is 2.56. The summed E-state index contributed by atoms with van der Waals surface area (Å²) in [5.41, 5.74) is 4.81. The van der Waals surface area contributed by atoms with Gasteiger partial charge in [-0.25, -0.2) is 13.2 Å². The first-order valence-electron chi connectivity index (χ1n) is 7.89. The number of hydrogen-bond donors (Lipinski definition) is 3. The maximum Gasteiger partial charge on any atom is 0.354 e. The molecule has 0 aromatic rings. The van der Waals surface area contributed by atoms with Gasteiger partial charge in [0.25, 0.3) is 5.91 Å². The third kappa shape index (κ3) is 2.33. The van der Waals surface area contributed by atoms with E-state index < -0.39 is 36.9 Å². The van der Waals surface area contributed by atoms with Crippen LogP contribution in [-0.2, 0) is 19.4 Å². The standard InChI is InChI=1S/C15H21N3O5S/c1-14(3-4-14)24(22,23)15(5-6-15)8-18-7-2-9(10(16)12(18)19)11(17)13(20)21/h17H,2-8,16H2,1H3,(H,20,21). The predicted molar refractivity (Wildman–Crippen MR) is 86.3 cm³/mol. The molecule has 0 unspecified atom stereocenters. The molecule has 0 aromatic carbocycles. The van der Waals surface area contributed by atoms with Crippen molar-refractivity contribution in [2.45, 2.75) is 48.5 Å². The number of sulfone groups is 1. The van der Waals surface area contributed by atoms with E-state index in [0.717, 1.165) is 0 Å². The number of carbonyl (C=O) groups excluding carboxylic acids is 1. The summed E-state index contributed by atoms with van der Waals surface area (Å²) >= 11 is 0. The van der Waals surface area contributed by atoms with Gasteiger partial charge in [0.15, 0.2) is 9.84 Å². The van der Waals surface area contributed by atoms with Gasteiger partial charge in [-0.15, -0.1) is 0 Å². The van der Waals surface area contributed by atoms with Crippen LogP contribution in [0, 0.1) is 5.41 Å². The molecule has 3 aliphatic rings. The predicted octanol–water partition coefficient (Wildman–Crippen LogP) is 0.0358. The smallest absolute Gasteiger partial charge is 0.354 e. The molecule has 24 heavy (non-hydrogen) atoms. The highest BCUT2D eigenvalue weighted by Gasteiger charge is 2.65. The van der Waals surface area contributed by atoms with Gasteiger partial charge in [-0.2, -0.15) is 0 Å². The molecule has 2 saturated carbocycles. The van der Waals surface area contributed by atoms with Gasteiger partial charge in [0.05, 0.1) is 9.49 Å². The lowest BCUT2D eigenvalue weighted by atomic mass is 9.99.